The predicted octanol–water partition coefficient (Wildman–Crippen LogP) is 2.80. The average Bonchev–Trinajstić information content (AvgIpc) is 3.24. The zero-order valence-corrected chi connectivity index (χ0v) is 15.0. The van der Waals surface area contributed by atoms with Crippen LogP contribution in [0.1, 0.15) is 15.4 Å². The third-order valence-electron chi connectivity index (χ3n) is 3.08. The number of nitrogens with one attached hydrogen (secondary N) is 2. The van der Waals surface area contributed by atoms with Gasteiger partial charge in [-0.25, -0.2) is 13.4 Å². The Balaban J connectivity index is 1.75. The Morgan fingerprint density at radius 1 is 1.12 bits per heavy atom. The van der Waals surface area contributed by atoms with E-state index in [0.29, 0.717) is 15.6 Å². The molecule has 0 fully saturated rings. The fourth-order valence-electron chi connectivity index (χ4n) is 1.95. The summed E-state index contributed by atoms with van der Waals surface area (Å²) in [6.07, 6.45) is 0. The molecule has 124 valence electrons. The topological polar surface area (TPSA) is 88.2 Å². The molecule has 0 bridgehead atoms. The van der Waals surface area contributed by atoms with Gasteiger partial charge < -0.3 is 0 Å². The molecular weight excluding hydrogens is 366 g/mol. The van der Waals surface area contributed by atoms with Gasteiger partial charge in [-0.15, -0.1) is 27.5 Å². The maximum atomic E-state index is 12.3. The minimum Gasteiger partial charge on any atom is -0.273 e. The largest absolute Gasteiger partial charge is 0.278 e. The zero-order valence-electron chi connectivity index (χ0n) is 12.5. The number of nitrogens with zero attached hydrogens (tertiary/aromatic N) is 1. The molecule has 0 aliphatic rings. The molecule has 9 heteroatoms. The number of amides is 1. The summed E-state index contributed by atoms with van der Waals surface area (Å²) in [5.41, 5.74) is 3.69. The van der Waals surface area contributed by atoms with E-state index in [0.717, 1.165) is 16.9 Å². The van der Waals surface area contributed by atoms with Gasteiger partial charge in [-0.2, -0.15) is 0 Å². The highest BCUT2D eigenvalue weighted by Crippen LogP contribution is 2.27. The molecule has 2 N–H and O–H groups in total. The van der Waals surface area contributed by atoms with Crippen LogP contribution in [-0.4, -0.2) is 19.3 Å². The van der Waals surface area contributed by atoms with Crippen molar-refractivity contribution < 1.29 is 13.2 Å². The van der Waals surface area contributed by atoms with Gasteiger partial charge in [0.2, 0.25) is 0 Å². The molecule has 0 atom stereocenters. The predicted molar refractivity (Wildman–Crippen MR) is 94.4 cm³/mol. The molecule has 24 heavy (non-hydrogen) atoms. The molecule has 0 radical (unpaired) electrons. The maximum absolute atomic E-state index is 12.3. The van der Waals surface area contributed by atoms with Crippen LogP contribution in [0, 0.1) is 6.92 Å². The fourth-order valence-corrected chi connectivity index (χ4v) is 4.75. The number of carbonyl (C=O) groups excluding carboxylic acids is 1. The van der Waals surface area contributed by atoms with E-state index in [9.17, 15) is 13.2 Å². The Morgan fingerprint density at radius 2 is 1.88 bits per heavy atom. The van der Waals surface area contributed by atoms with Crippen molar-refractivity contribution in [3.05, 3.63) is 58.4 Å². The Bertz CT molecular complexity index is 949. The molecule has 0 saturated heterocycles. The van der Waals surface area contributed by atoms with Crippen molar-refractivity contribution in [1.29, 1.82) is 0 Å². The summed E-state index contributed by atoms with van der Waals surface area (Å²) in [7, 11) is -3.76. The summed E-state index contributed by atoms with van der Waals surface area (Å²) < 4.78 is 24.2. The first-order valence-corrected chi connectivity index (χ1v) is 10.0. The quantitative estimate of drug-likeness (QED) is 0.667. The summed E-state index contributed by atoms with van der Waals surface area (Å²) in [4.78, 5) is 19.1. The highest BCUT2D eigenvalue weighted by molar-refractivity contribution is 7.91. The summed E-state index contributed by atoms with van der Waals surface area (Å²) in [5, 5.41) is 2.36. The fraction of sp³-hybridized carbons (Fsp3) is 0.0667. The minimum absolute atomic E-state index is 0.133. The highest BCUT2D eigenvalue weighted by Gasteiger charge is 2.20. The Kier molecular flexibility index (Phi) is 4.76. The number of hydrazine groups is 1. The average molecular weight is 379 g/mol. The lowest BCUT2D eigenvalue weighted by Crippen LogP contribution is -2.41. The van der Waals surface area contributed by atoms with Gasteiger partial charge in [-0.05, 0) is 18.4 Å². The summed E-state index contributed by atoms with van der Waals surface area (Å²) in [6.45, 7) is 1.71. The van der Waals surface area contributed by atoms with E-state index in [4.69, 9.17) is 0 Å². The lowest BCUT2D eigenvalue weighted by molar-refractivity contribution is 0.0948. The molecule has 0 aliphatic carbocycles. The second-order valence-electron chi connectivity index (χ2n) is 4.79. The van der Waals surface area contributed by atoms with Gasteiger partial charge in [-0.1, -0.05) is 36.4 Å². The second kappa shape index (κ2) is 6.81. The van der Waals surface area contributed by atoms with Crippen LogP contribution in [0.5, 0.6) is 0 Å². The zero-order chi connectivity index (χ0) is 17.2. The molecule has 0 unspecified atom stereocenters. The van der Waals surface area contributed by atoms with Gasteiger partial charge in [0.15, 0.2) is 0 Å². The van der Waals surface area contributed by atoms with Crippen LogP contribution in [0.25, 0.3) is 10.6 Å². The van der Waals surface area contributed by atoms with E-state index in [2.05, 4.69) is 15.2 Å². The summed E-state index contributed by atoms with van der Waals surface area (Å²) in [6, 6.07) is 12.6. The molecule has 0 saturated carbocycles. The van der Waals surface area contributed by atoms with Crippen LogP contribution in [0.3, 0.4) is 0 Å². The van der Waals surface area contributed by atoms with Gasteiger partial charge >= 0.3 is 0 Å². The number of sulfonamides is 1. The summed E-state index contributed by atoms with van der Waals surface area (Å²) >= 11 is 2.28. The van der Waals surface area contributed by atoms with Crippen molar-refractivity contribution in [1.82, 2.24) is 15.2 Å². The van der Waals surface area contributed by atoms with Crippen LogP contribution >= 0.6 is 22.7 Å². The smallest absolute Gasteiger partial charge is 0.273 e. The molecule has 6 nitrogen and oxygen atoms in total. The minimum atomic E-state index is -3.76. The van der Waals surface area contributed by atoms with Crippen LogP contribution < -0.4 is 10.3 Å². The monoisotopic (exact) mass is 379 g/mol. The maximum Gasteiger partial charge on any atom is 0.278 e. The van der Waals surface area contributed by atoms with Crippen molar-refractivity contribution in [2.75, 3.05) is 0 Å². The molecule has 0 spiro atoms. The molecule has 0 aliphatic heterocycles. The lowest BCUT2D eigenvalue weighted by atomic mass is 10.2. The first-order chi connectivity index (χ1) is 11.5. The van der Waals surface area contributed by atoms with Crippen molar-refractivity contribution in [2.24, 2.45) is 0 Å². The van der Waals surface area contributed by atoms with E-state index < -0.39 is 15.9 Å². The number of carbonyl (C=O) groups is 1. The molecule has 1 amide bonds. The van der Waals surface area contributed by atoms with E-state index in [1.165, 1.54) is 17.4 Å². The number of aromatic nitrogens is 1. The van der Waals surface area contributed by atoms with Gasteiger partial charge in [0, 0.05) is 5.56 Å². The van der Waals surface area contributed by atoms with Gasteiger partial charge in [0.1, 0.15) is 14.1 Å². The molecular formula is C15H13N3O3S3. The Morgan fingerprint density at radius 3 is 2.54 bits per heavy atom. The van der Waals surface area contributed by atoms with Gasteiger partial charge in [0.25, 0.3) is 15.9 Å². The van der Waals surface area contributed by atoms with Crippen molar-refractivity contribution >= 4 is 38.6 Å². The first-order valence-electron chi connectivity index (χ1n) is 6.86. The number of hydrogen-bond acceptors (Lipinski definition) is 6. The van der Waals surface area contributed by atoms with E-state index >= 15 is 0 Å². The molecule has 1 aromatic carbocycles. The van der Waals surface area contributed by atoms with E-state index in [1.54, 1.807) is 18.4 Å². The first kappa shape index (κ1) is 16.8. The molecule has 2 aromatic heterocycles. The van der Waals surface area contributed by atoms with E-state index in [1.807, 2.05) is 30.3 Å². The van der Waals surface area contributed by atoms with Crippen LogP contribution in [0.15, 0.2) is 52.1 Å². The van der Waals surface area contributed by atoms with Crippen molar-refractivity contribution in [3.8, 4) is 10.6 Å². The number of benzene rings is 1. The number of rotatable bonds is 5. The Labute approximate surface area is 147 Å². The number of thiophene rings is 1. The third kappa shape index (κ3) is 3.54. The number of aryl methyl sites for hydroxylation is 1. The standard InChI is InChI=1S/C15H13N3O3S3/c1-10-13(23-15(16-10)11-6-3-2-4-7-11)14(19)17-18-24(20,21)12-8-5-9-22-12/h2-9,18H,1H3,(H,17,19). The Hall–Kier alpha value is -2.07. The van der Waals surface area contributed by atoms with Crippen LogP contribution in [-0.2, 0) is 10.0 Å². The molecule has 3 rings (SSSR count). The normalized spacial score (nSPS) is 11.4. The van der Waals surface area contributed by atoms with Crippen molar-refractivity contribution in [2.45, 2.75) is 11.1 Å². The second-order valence-corrected chi connectivity index (χ2v) is 8.65. The lowest BCUT2D eigenvalue weighted by Gasteiger charge is -2.05. The van der Waals surface area contributed by atoms with Crippen LogP contribution in [0.2, 0.25) is 0 Å². The number of thiazole rings is 1. The van der Waals surface area contributed by atoms with Gasteiger partial charge in [0.05, 0.1) is 5.69 Å². The molecule has 3 aromatic rings. The van der Waals surface area contributed by atoms with Gasteiger partial charge in [-0.3, -0.25) is 10.2 Å². The number of hydrogen-bond donors (Lipinski definition) is 2. The van der Waals surface area contributed by atoms with E-state index in [-0.39, 0.29) is 4.21 Å². The molecule has 2 heterocycles. The van der Waals surface area contributed by atoms with Crippen LogP contribution in [0.4, 0.5) is 0 Å². The summed E-state index contributed by atoms with van der Waals surface area (Å²) in [5.74, 6) is -0.535. The highest BCUT2D eigenvalue weighted by atomic mass is 32.2. The third-order valence-corrected chi connectivity index (χ3v) is 6.93. The van der Waals surface area contributed by atoms with Crippen molar-refractivity contribution in [3.63, 3.8) is 0 Å². The SMILES string of the molecule is Cc1nc(-c2ccccc2)sc1C(=O)NNS(=O)(=O)c1cccs1.